The standard InChI is InChI=1S/C29H32BrCl2N3O4S/c1-19(2)16-33-29(37)21(4)34(17-22-7-5-8-23(30)15-22)27(36)18-35(26-10-6-9-25(31)28(26)32)40(38,39)24-13-11-20(3)12-14-24/h5-15,19,21H,16-18H2,1-4H3,(H,33,37)/t21-/m0/s1. The van der Waals surface area contributed by atoms with Crippen molar-refractivity contribution in [2.24, 2.45) is 5.92 Å². The summed E-state index contributed by atoms with van der Waals surface area (Å²) in [5.74, 6) is -0.713. The first-order valence-electron chi connectivity index (χ1n) is 12.7. The number of carbonyl (C=O) groups is 2. The molecular formula is C29H32BrCl2N3O4S. The molecule has 0 saturated carbocycles. The maximum Gasteiger partial charge on any atom is 0.264 e. The van der Waals surface area contributed by atoms with Crippen LogP contribution < -0.4 is 9.62 Å². The highest BCUT2D eigenvalue weighted by molar-refractivity contribution is 9.10. The van der Waals surface area contributed by atoms with E-state index in [4.69, 9.17) is 23.2 Å². The van der Waals surface area contributed by atoms with Gasteiger partial charge in [0.1, 0.15) is 12.6 Å². The Bertz CT molecular complexity index is 1470. The van der Waals surface area contributed by atoms with E-state index >= 15 is 0 Å². The van der Waals surface area contributed by atoms with Gasteiger partial charge >= 0.3 is 0 Å². The zero-order valence-corrected chi connectivity index (χ0v) is 26.6. The molecule has 7 nitrogen and oxygen atoms in total. The molecule has 0 aromatic heterocycles. The Morgan fingerprint density at radius 3 is 2.25 bits per heavy atom. The number of hydrogen-bond acceptors (Lipinski definition) is 4. The van der Waals surface area contributed by atoms with Gasteiger partial charge in [0.05, 0.1) is 20.6 Å². The number of nitrogens with zero attached hydrogens (tertiary/aromatic N) is 2. The molecule has 0 aliphatic heterocycles. The zero-order chi connectivity index (χ0) is 29.6. The van der Waals surface area contributed by atoms with Gasteiger partial charge in [-0.2, -0.15) is 0 Å². The van der Waals surface area contributed by atoms with Gasteiger partial charge in [-0.25, -0.2) is 8.42 Å². The summed E-state index contributed by atoms with van der Waals surface area (Å²) in [6, 6.07) is 17.3. The number of carbonyl (C=O) groups excluding carboxylic acids is 2. The van der Waals surface area contributed by atoms with E-state index in [2.05, 4.69) is 21.2 Å². The van der Waals surface area contributed by atoms with Crippen LogP contribution in [0.25, 0.3) is 0 Å². The van der Waals surface area contributed by atoms with Crippen molar-refractivity contribution in [3.63, 3.8) is 0 Å². The van der Waals surface area contributed by atoms with E-state index < -0.39 is 28.5 Å². The predicted octanol–water partition coefficient (Wildman–Crippen LogP) is 6.45. The summed E-state index contributed by atoms with van der Waals surface area (Å²) in [7, 11) is -4.25. The van der Waals surface area contributed by atoms with Gasteiger partial charge in [0.2, 0.25) is 11.8 Å². The van der Waals surface area contributed by atoms with Crippen molar-refractivity contribution >= 4 is 66.7 Å². The van der Waals surface area contributed by atoms with Gasteiger partial charge in [-0.05, 0) is 61.7 Å². The minimum Gasteiger partial charge on any atom is -0.354 e. The zero-order valence-electron chi connectivity index (χ0n) is 22.7. The average Bonchev–Trinajstić information content (AvgIpc) is 2.90. The smallest absolute Gasteiger partial charge is 0.264 e. The summed E-state index contributed by atoms with van der Waals surface area (Å²) in [5, 5.41) is 3.00. The molecule has 0 radical (unpaired) electrons. The van der Waals surface area contributed by atoms with Crippen LogP contribution in [0, 0.1) is 12.8 Å². The van der Waals surface area contributed by atoms with Crippen molar-refractivity contribution in [1.82, 2.24) is 10.2 Å². The lowest BCUT2D eigenvalue weighted by Crippen LogP contribution is -2.51. The van der Waals surface area contributed by atoms with Crippen LogP contribution in [-0.2, 0) is 26.2 Å². The molecule has 1 N–H and O–H groups in total. The second-order valence-electron chi connectivity index (χ2n) is 9.86. The van der Waals surface area contributed by atoms with Crippen LogP contribution >= 0.6 is 39.1 Å². The fraction of sp³-hybridized carbons (Fsp3) is 0.310. The number of halogens is 3. The summed E-state index contributed by atoms with van der Waals surface area (Å²) in [5.41, 5.74) is 1.70. The van der Waals surface area contributed by atoms with Gasteiger partial charge in [0, 0.05) is 17.6 Å². The Hall–Kier alpha value is -2.59. The van der Waals surface area contributed by atoms with Crippen molar-refractivity contribution in [2.45, 2.75) is 45.2 Å². The van der Waals surface area contributed by atoms with E-state index in [0.29, 0.717) is 6.54 Å². The Balaban J connectivity index is 2.06. The summed E-state index contributed by atoms with van der Waals surface area (Å²) < 4.78 is 29.6. The molecule has 214 valence electrons. The minimum atomic E-state index is -4.25. The topological polar surface area (TPSA) is 86.8 Å². The molecular weight excluding hydrogens is 637 g/mol. The van der Waals surface area contributed by atoms with Crippen molar-refractivity contribution in [1.29, 1.82) is 0 Å². The third-order valence-electron chi connectivity index (χ3n) is 6.18. The Kier molecular flexibility index (Phi) is 11.1. The third kappa shape index (κ3) is 8.00. The van der Waals surface area contributed by atoms with Crippen molar-refractivity contribution in [3.05, 3.63) is 92.4 Å². The highest BCUT2D eigenvalue weighted by Gasteiger charge is 2.33. The summed E-state index contributed by atoms with van der Waals surface area (Å²) in [6.45, 7) is 7.32. The van der Waals surface area contributed by atoms with Crippen molar-refractivity contribution in [3.8, 4) is 0 Å². The maximum absolute atomic E-state index is 14.0. The second-order valence-corrected chi connectivity index (χ2v) is 13.4. The number of amides is 2. The molecule has 0 heterocycles. The van der Waals surface area contributed by atoms with Crippen LogP contribution in [0.2, 0.25) is 10.0 Å². The van der Waals surface area contributed by atoms with Crippen molar-refractivity contribution < 1.29 is 18.0 Å². The first-order chi connectivity index (χ1) is 18.8. The molecule has 1 atom stereocenters. The SMILES string of the molecule is Cc1ccc(S(=O)(=O)N(CC(=O)N(Cc2cccc(Br)c2)[C@@H](C)C(=O)NCC(C)C)c2cccc(Cl)c2Cl)cc1. The number of rotatable bonds is 11. The highest BCUT2D eigenvalue weighted by atomic mass is 79.9. The number of anilines is 1. The monoisotopic (exact) mass is 667 g/mol. The first-order valence-corrected chi connectivity index (χ1v) is 15.6. The lowest BCUT2D eigenvalue weighted by molar-refractivity contribution is -0.139. The number of aryl methyl sites for hydroxylation is 1. The maximum atomic E-state index is 14.0. The van der Waals surface area contributed by atoms with Gasteiger partial charge in [0.15, 0.2) is 0 Å². The molecule has 0 unspecified atom stereocenters. The summed E-state index contributed by atoms with van der Waals surface area (Å²) in [6.07, 6.45) is 0. The lowest BCUT2D eigenvalue weighted by Gasteiger charge is -2.32. The molecule has 0 fully saturated rings. The molecule has 0 aliphatic carbocycles. The Labute approximate surface area is 254 Å². The van der Waals surface area contributed by atoms with E-state index in [1.54, 1.807) is 25.1 Å². The number of benzene rings is 3. The summed E-state index contributed by atoms with van der Waals surface area (Å²) in [4.78, 5) is 28.4. The van der Waals surface area contributed by atoms with Crippen molar-refractivity contribution in [2.75, 3.05) is 17.4 Å². The van der Waals surface area contributed by atoms with Gasteiger partial charge in [0.25, 0.3) is 10.0 Å². The molecule has 2 amide bonds. The van der Waals surface area contributed by atoms with Crippen LogP contribution in [-0.4, -0.2) is 44.3 Å². The van der Waals surface area contributed by atoms with Gasteiger partial charge < -0.3 is 10.2 Å². The molecule has 11 heteroatoms. The third-order valence-corrected chi connectivity index (χ3v) is 9.26. The van der Waals surface area contributed by atoms with Crippen LogP contribution in [0.5, 0.6) is 0 Å². The van der Waals surface area contributed by atoms with E-state index in [-0.39, 0.29) is 39.0 Å². The highest BCUT2D eigenvalue weighted by Crippen LogP contribution is 2.35. The lowest BCUT2D eigenvalue weighted by atomic mass is 10.1. The van der Waals surface area contributed by atoms with Gasteiger partial charge in [-0.15, -0.1) is 0 Å². The summed E-state index contributed by atoms with van der Waals surface area (Å²) >= 11 is 16.2. The predicted molar refractivity (Wildman–Crippen MR) is 164 cm³/mol. The Morgan fingerprint density at radius 2 is 1.62 bits per heavy atom. The van der Waals surface area contributed by atoms with E-state index in [9.17, 15) is 18.0 Å². The molecule has 3 rings (SSSR count). The van der Waals surface area contributed by atoms with E-state index in [1.807, 2.05) is 45.0 Å². The molecule has 0 bridgehead atoms. The average molecular weight is 669 g/mol. The van der Waals surface area contributed by atoms with Crippen LogP contribution in [0.3, 0.4) is 0 Å². The molecule has 3 aromatic carbocycles. The molecule has 0 spiro atoms. The van der Waals surface area contributed by atoms with Crippen LogP contribution in [0.4, 0.5) is 5.69 Å². The normalized spacial score (nSPS) is 12.2. The number of sulfonamides is 1. The van der Waals surface area contributed by atoms with E-state index in [1.165, 1.54) is 29.2 Å². The second kappa shape index (κ2) is 13.9. The molecule has 0 saturated heterocycles. The number of hydrogen-bond donors (Lipinski definition) is 1. The van der Waals surface area contributed by atoms with Crippen LogP contribution in [0.15, 0.2) is 76.1 Å². The fourth-order valence-corrected chi connectivity index (χ4v) is 6.22. The Morgan fingerprint density at radius 1 is 0.975 bits per heavy atom. The van der Waals surface area contributed by atoms with Crippen LogP contribution in [0.1, 0.15) is 31.9 Å². The minimum absolute atomic E-state index is 0.00563. The fourth-order valence-electron chi connectivity index (χ4n) is 3.90. The molecule has 0 aliphatic rings. The van der Waals surface area contributed by atoms with Gasteiger partial charge in [-0.1, -0.05) is 88.9 Å². The largest absolute Gasteiger partial charge is 0.354 e. The molecule has 3 aromatic rings. The first kappa shape index (κ1) is 31.9. The van der Waals surface area contributed by atoms with E-state index in [0.717, 1.165) is 19.9 Å². The number of nitrogens with one attached hydrogen (secondary N) is 1. The molecule has 40 heavy (non-hydrogen) atoms. The quantitative estimate of drug-likeness (QED) is 0.255. The van der Waals surface area contributed by atoms with Gasteiger partial charge in [-0.3, -0.25) is 13.9 Å².